The van der Waals surface area contributed by atoms with E-state index in [0.29, 0.717) is 13.1 Å². The van der Waals surface area contributed by atoms with Gasteiger partial charge in [0.05, 0.1) is 6.54 Å². The largest absolute Gasteiger partial charge is 0.340 e. The van der Waals surface area contributed by atoms with E-state index < -0.39 is 6.43 Å². The van der Waals surface area contributed by atoms with Crippen LogP contribution >= 0.6 is 0 Å². The summed E-state index contributed by atoms with van der Waals surface area (Å²) in [6.45, 7) is 8.90. The van der Waals surface area contributed by atoms with E-state index in [9.17, 15) is 13.6 Å². The predicted molar refractivity (Wildman–Crippen MR) is 111 cm³/mol. The van der Waals surface area contributed by atoms with Crippen LogP contribution in [0.2, 0.25) is 0 Å². The quantitative estimate of drug-likeness (QED) is 0.669. The number of carbonyl (C=O) groups is 1. The lowest BCUT2D eigenvalue weighted by Crippen LogP contribution is -2.31. The molecular formula is C22H30F2N4O. The lowest BCUT2D eigenvalue weighted by atomic mass is 9.98. The summed E-state index contributed by atoms with van der Waals surface area (Å²) in [5.41, 5.74) is 4.16. The highest BCUT2D eigenvalue weighted by molar-refractivity contribution is 5.69. The van der Waals surface area contributed by atoms with Crippen molar-refractivity contribution in [1.82, 2.24) is 14.7 Å². The fourth-order valence-corrected chi connectivity index (χ4v) is 4.14. The SMILES string of the molecule is CC.CCCn1nc(N2CCCc3ccc(C(F)F)cc32)c2c1CCN(C=O)C2. The Kier molecular flexibility index (Phi) is 6.87. The summed E-state index contributed by atoms with van der Waals surface area (Å²) in [6, 6.07) is 4.94. The van der Waals surface area contributed by atoms with E-state index in [4.69, 9.17) is 5.10 Å². The molecule has 0 unspecified atom stereocenters. The highest BCUT2D eigenvalue weighted by Crippen LogP contribution is 2.39. The number of aryl methyl sites for hydroxylation is 2. The average Bonchev–Trinajstić information content (AvgIpc) is 3.12. The van der Waals surface area contributed by atoms with Crippen LogP contribution in [0.15, 0.2) is 18.2 Å². The van der Waals surface area contributed by atoms with Gasteiger partial charge in [0, 0.05) is 48.6 Å². The fraction of sp³-hybridized carbons (Fsp3) is 0.545. The lowest BCUT2D eigenvalue weighted by molar-refractivity contribution is -0.118. The number of rotatable bonds is 5. The molecule has 3 heterocycles. The van der Waals surface area contributed by atoms with Crippen LogP contribution in [-0.2, 0) is 30.7 Å². The second-order valence-corrected chi connectivity index (χ2v) is 7.24. The number of halogens is 2. The molecule has 29 heavy (non-hydrogen) atoms. The molecule has 0 aliphatic carbocycles. The molecule has 0 atom stereocenters. The molecule has 5 nitrogen and oxygen atoms in total. The van der Waals surface area contributed by atoms with E-state index in [1.807, 2.05) is 24.6 Å². The summed E-state index contributed by atoms with van der Waals surface area (Å²) in [4.78, 5) is 15.1. The number of benzene rings is 1. The van der Waals surface area contributed by atoms with Gasteiger partial charge in [-0.2, -0.15) is 5.10 Å². The zero-order valence-corrected chi connectivity index (χ0v) is 17.5. The van der Waals surface area contributed by atoms with Gasteiger partial charge in [-0.05, 0) is 30.9 Å². The van der Waals surface area contributed by atoms with E-state index in [1.54, 1.807) is 11.0 Å². The third-order valence-electron chi connectivity index (χ3n) is 5.46. The number of amides is 1. The van der Waals surface area contributed by atoms with Crippen LogP contribution in [0.4, 0.5) is 20.3 Å². The Morgan fingerprint density at radius 3 is 2.69 bits per heavy atom. The summed E-state index contributed by atoms with van der Waals surface area (Å²) >= 11 is 0. The van der Waals surface area contributed by atoms with E-state index >= 15 is 0 Å². The van der Waals surface area contributed by atoms with Crippen molar-refractivity contribution in [2.75, 3.05) is 18.0 Å². The number of anilines is 2. The molecule has 1 aromatic carbocycles. The topological polar surface area (TPSA) is 41.4 Å². The van der Waals surface area contributed by atoms with Crippen LogP contribution < -0.4 is 4.90 Å². The summed E-state index contributed by atoms with van der Waals surface area (Å²) in [6.07, 6.45) is 1.97. The van der Waals surface area contributed by atoms with E-state index in [0.717, 1.165) is 67.8 Å². The van der Waals surface area contributed by atoms with Crippen LogP contribution in [-0.4, -0.2) is 34.2 Å². The zero-order valence-electron chi connectivity index (χ0n) is 17.5. The Hall–Kier alpha value is -2.44. The first kappa shape index (κ1) is 21.3. The van der Waals surface area contributed by atoms with E-state index in [1.165, 1.54) is 11.8 Å². The first-order valence-electron chi connectivity index (χ1n) is 10.6. The van der Waals surface area contributed by atoms with Crippen molar-refractivity contribution in [3.8, 4) is 0 Å². The normalized spacial score (nSPS) is 15.5. The first-order valence-corrected chi connectivity index (χ1v) is 10.6. The Bertz CT molecular complexity index is 850. The van der Waals surface area contributed by atoms with Crippen LogP contribution in [0.3, 0.4) is 0 Å². The monoisotopic (exact) mass is 404 g/mol. The van der Waals surface area contributed by atoms with Crippen molar-refractivity contribution in [3.05, 3.63) is 40.6 Å². The highest BCUT2D eigenvalue weighted by Gasteiger charge is 2.30. The van der Waals surface area contributed by atoms with Gasteiger partial charge in [0.2, 0.25) is 6.41 Å². The summed E-state index contributed by atoms with van der Waals surface area (Å²) in [7, 11) is 0. The van der Waals surface area contributed by atoms with Crippen LogP contribution in [0.25, 0.3) is 0 Å². The maximum Gasteiger partial charge on any atom is 0.263 e. The molecule has 2 aromatic rings. The molecule has 4 rings (SSSR count). The maximum absolute atomic E-state index is 13.3. The molecule has 1 amide bonds. The second-order valence-electron chi connectivity index (χ2n) is 7.24. The van der Waals surface area contributed by atoms with E-state index in [-0.39, 0.29) is 5.56 Å². The fourth-order valence-electron chi connectivity index (χ4n) is 4.14. The molecule has 0 bridgehead atoms. The van der Waals surface area contributed by atoms with Crippen molar-refractivity contribution in [3.63, 3.8) is 0 Å². The van der Waals surface area contributed by atoms with Gasteiger partial charge in [0.15, 0.2) is 5.82 Å². The molecule has 0 saturated heterocycles. The van der Waals surface area contributed by atoms with Crippen molar-refractivity contribution in [2.24, 2.45) is 0 Å². The number of alkyl halides is 2. The molecule has 2 aliphatic rings. The number of hydrogen-bond acceptors (Lipinski definition) is 3. The minimum atomic E-state index is -2.49. The second kappa shape index (κ2) is 9.37. The Balaban J connectivity index is 0.00000117. The molecule has 1 aromatic heterocycles. The molecule has 2 aliphatic heterocycles. The van der Waals surface area contributed by atoms with Crippen LogP contribution in [0.5, 0.6) is 0 Å². The van der Waals surface area contributed by atoms with Crippen molar-refractivity contribution in [2.45, 2.75) is 66.0 Å². The minimum Gasteiger partial charge on any atom is -0.340 e. The Morgan fingerprint density at radius 2 is 2.00 bits per heavy atom. The zero-order chi connectivity index (χ0) is 21.0. The number of aromatic nitrogens is 2. The Morgan fingerprint density at radius 1 is 1.21 bits per heavy atom. The Labute approximate surface area is 171 Å². The molecule has 7 heteroatoms. The van der Waals surface area contributed by atoms with Crippen molar-refractivity contribution < 1.29 is 13.6 Å². The third-order valence-corrected chi connectivity index (χ3v) is 5.46. The smallest absolute Gasteiger partial charge is 0.263 e. The van der Waals surface area contributed by atoms with Gasteiger partial charge < -0.3 is 9.80 Å². The van der Waals surface area contributed by atoms with Crippen LogP contribution in [0.1, 0.15) is 62.4 Å². The first-order chi connectivity index (χ1) is 14.1. The number of nitrogens with zero attached hydrogens (tertiary/aromatic N) is 4. The molecule has 0 fully saturated rings. The maximum atomic E-state index is 13.3. The van der Waals surface area contributed by atoms with Gasteiger partial charge >= 0.3 is 0 Å². The lowest BCUT2D eigenvalue weighted by Gasteiger charge is -2.32. The summed E-state index contributed by atoms with van der Waals surface area (Å²) < 4.78 is 28.6. The molecule has 0 saturated carbocycles. The number of fused-ring (bicyclic) bond motifs is 2. The van der Waals surface area contributed by atoms with E-state index in [2.05, 4.69) is 11.8 Å². The summed E-state index contributed by atoms with van der Waals surface area (Å²) in [5, 5.41) is 4.86. The van der Waals surface area contributed by atoms with Crippen molar-refractivity contribution in [1.29, 1.82) is 0 Å². The standard InChI is InChI=1S/C20H24F2N4O.C2H6/c1-2-8-26-17-7-10-24(13-27)12-16(17)20(23-26)25-9-3-4-14-5-6-15(19(21)22)11-18(14)25;1-2/h5-6,11,13,19H,2-4,7-10,12H2,1H3;1-2H3. The highest BCUT2D eigenvalue weighted by atomic mass is 19.3. The van der Waals surface area contributed by atoms with Gasteiger partial charge in [0.1, 0.15) is 0 Å². The predicted octanol–water partition coefficient (Wildman–Crippen LogP) is 4.86. The van der Waals surface area contributed by atoms with Gasteiger partial charge in [-0.3, -0.25) is 9.48 Å². The van der Waals surface area contributed by atoms with Crippen LogP contribution in [0, 0.1) is 0 Å². The van der Waals surface area contributed by atoms with Gasteiger partial charge in [0.25, 0.3) is 6.43 Å². The average molecular weight is 405 g/mol. The molecular weight excluding hydrogens is 374 g/mol. The van der Waals surface area contributed by atoms with Gasteiger partial charge in [-0.25, -0.2) is 8.78 Å². The van der Waals surface area contributed by atoms with Gasteiger partial charge in [-0.15, -0.1) is 0 Å². The third kappa shape index (κ3) is 4.14. The van der Waals surface area contributed by atoms with Gasteiger partial charge in [-0.1, -0.05) is 32.9 Å². The molecule has 158 valence electrons. The molecule has 0 radical (unpaired) electrons. The molecule has 0 spiro atoms. The number of hydrogen-bond donors (Lipinski definition) is 0. The molecule has 0 N–H and O–H groups in total. The summed E-state index contributed by atoms with van der Waals surface area (Å²) in [5.74, 6) is 0.817. The van der Waals surface area contributed by atoms with Crippen molar-refractivity contribution >= 4 is 17.9 Å². The number of carbonyl (C=O) groups excluding carboxylic acids is 1. The minimum absolute atomic E-state index is 0.0389.